The molecule has 2 heterocycles. The Labute approximate surface area is 103 Å². The van der Waals surface area contributed by atoms with Gasteiger partial charge in [-0.3, -0.25) is 0 Å². The number of hydrogen-bond donors (Lipinski definition) is 0. The number of fused-ring (bicyclic) bond motifs is 1. The Hall–Kier alpha value is -1.68. The van der Waals surface area contributed by atoms with Gasteiger partial charge in [0.05, 0.1) is 0 Å². The smallest absolute Gasteiger partial charge is 0.155 e. The SMILES string of the molecule is Fc1ccc2c(c1)N(c1ccc(Cl)nn1)CC2. The molecule has 0 amide bonds. The van der Waals surface area contributed by atoms with Crippen molar-refractivity contribution in [3.63, 3.8) is 0 Å². The van der Waals surface area contributed by atoms with Gasteiger partial charge in [0.15, 0.2) is 11.0 Å². The van der Waals surface area contributed by atoms with E-state index in [0.717, 1.165) is 24.2 Å². The van der Waals surface area contributed by atoms with Gasteiger partial charge in [0.25, 0.3) is 0 Å². The minimum Gasteiger partial charge on any atom is -0.324 e. The van der Waals surface area contributed by atoms with E-state index in [1.807, 2.05) is 11.0 Å². The zero-order valence-electron chi connectivity index (χ0n) is 8.90. The summed E-state index contributed by atoms with van der Waals surface area (Å²) in [6, 6.07) is 8.29. The molecule has 86 valence electrons. The number of anilines is 2. The van der Waals surface area contributed by atoms with E-state index in [1.165, 1.54) is 12.1 Å². The van der Waals surface area contributed by atoms with E-state index in [1.54, 1.807) is 12.1 Å². The van der Waals surface area contributed by atoms with Crippen LogP contribution in [0.4, 0.5) is 15.9 Å². The van der Waals surface area contributed by atoms with Gasteiger partial charge in [0.2, 0.25) is 0 Å². The zero-order valence-corrected chi connectivity index (χ0v) is 9.65. The van der Waals surface area contributed by atoms with Crippen LogP contribution in [0.3, 0.4) is 0 Å². The van der Waals surface area contributed by atoms with E-state index in [4.69, 9.17) is 11.6 Å². The van der Waals surface area contributed by atoms with Crippen molar-refractivity contribution >= 4 is 23.1 Å². The molecule has 0 saturated carbocycles. The van der Waals surface area contributed by atoms with Gasteiger partial charge >= 0.3 is 0 Å². The molecule has 0 bridgehead atoms. The normalized spacial score (nSPS) is 13.9. The van der Waals surface area contributed by atoms with E-state index < -0.39 is 0 Å². The van der Waals surface area contributed by atoms with Gasteiger partial charge in [-0.05, 0) is 36.2 Å². The zero-order chi connectivity index (χ0) is 11.8. The molecule has 1 aromatic carbocycles. The van der Waals surface area contributed by atoms with Gasteiger partial charge in [0, 0.05) is 12.2 Å². The molecule has 0 spiro atoms. The van der Waals surface area contributed by atoms with Crippen molar-refractivity contribution in [1.29, 1.82) is 0 Å². The fourth-order valence-electron chi connectivity index (χ4n) is 2.04. The first-order valence-electron chi connectivity index (χ1n) is 5.29. The quantitative estimate of drug-likeness (QED) is 0.778. The van der Waals surface area contributed by atoms with Crippen molar-refractivity contribution in [2.24, 2.45) is 0 Å². The predicted molar refractivity (Wildman–Crippen MR) is 64.2 cm³/mol. The average molecular weight is 250 g/mol. The van der Waals surface area contributed by atoms with Gasteiger partial charge in [-0.2, -0.15) is 0 Å². The van der Waals surface area contributed by atoms with E-state index in [0.29, 0.717) is 11.0 Å². The molecule has 2 aromatic rings. The van der Waals surface area contributed by atoms with Gasteiger partial charge in [-0.25, -0.2) is 4.39 Å². The molecular formula is C12H9ClFN3. The van der Waals surface area contributed by atoms with Crippen LogP contribution in [-0.4, -0.2) is 16.7 Å². The van der Waals surface area contributed by atoms with Crippen LogP contribution in [0.5, 0.6) is 0 Å². The fourth-order valence-corrected chi connectivity index (χ4v) is 2.14. The van der Waals surface area contributed by atoms with Crippen molar-refractivity contribution in [3.05, 3.63) is 46.9 Å². The Morgan fingerprint density at radius 3 is 2.82 bits per heavy atom. The first kappa shape index (κ1) is 10.5. The first-order valence-corrected chi connectivity index (χ1v) is 5.67. The lowest BCUT2D eigenvalue weighted by molar-refractivity contribution is 0.628. The molecule has 0 radical (unpaired) electrons. The van der Waals surface area contributed by atoms with Gasteiger partial charge in [-0.1, -0.05) is 17.7 Å². The lowest BCUT2D eigenvalue weighted by Crippen LogP contribution is -2.15. The summed E-state index contributed by atoms with van der Waals surface area (Å²) in [6.45, 7) is 0.787. The van der Waals surface area contributed by atoms with Crippen LogP contribution in [0.1, 0.15) is 5.56 Å². The number of rotatable bonds is 1. The molecule has 3 rings (SSSR count). The summed E-state index contributed by atoms with van der Waals surface area (Å²) in [7, 11) is 0. The molecule has 0 atom stereocenters. The largest absolute Gasteiger partial charge is 0.324 e. The molecule has 5 heteroatoms. The highest BCUT2D eigenvalue weighted by atomic mass is 35.5. The van der Waals surface area contributed by atoms with Crippen LogP contribution < -0.4 is 4.90 Å². The molecule has 1 aromatic heterocycles. The lowest BCUT2D eigenvalue weighted by atomic mass is 10.2. The predicted octanol–water partition coefficient (Wildman–Crippen LogP) is 2.96. The summed E-state index contributed by atoms with van der Waals surface area (Å²) < 4.78 is 13.2. The van der Waals surface area contributed by atoms with E-state index in [-0.39, 0.29) is 5.82 Å². The first-order chi connectivity index (χ1) is 8.24. The highest BCUT2D eigenvalue weighted by Crippen LogP contribution is 2.33. The Balaban J connectivity index is 2.03. The van der Waals surface area contributed by atoms with Crippen LogP contribution in [0.15, 0.2) is 30.3 Å². The van der Waals surface area contributed by atoms with E-state index in [9.17, 15) is 4.39 Å². The molecule has 0 saturated heterocycles. The summed E-state index contributed by atoms with van der Waals surface area (Å²) >= 11 is 5.69. The number of aromatic nitrogens is 2. The number of nitrogens with zero attached hydrogens (tertiary/aromatic N) is 3. The Kier molecular flexibility index (Phi) is 2.44. The van der Waals surface area contributed by atoms with Crippen molar-refractivity contribution in [3.8, 4) is 0 Å². The number of hydrogen-bond acceptors (Lipinski definition) is 3. The highest BCUT2D eigenvalue weighted by Gasteiger charge is 2.21. The molecular weight excluding hydrogens is 241 g/mol. The minimum atomic E-state index is -0.238. The topological polar surface area (TPSA) is 29.0 Å². The average Bonchev–Trinajstić information content (AvgIpc) is 2.73. The van der Waals surface area contributed by atoms with Crippen LogP contribution >= 0.6 is 11.6 Å². The lowest BCUT2D eigenvalue weighted by Gasteiger charge is -2.17. The van der Waals surface area contributed by atoms with Gasteiger partial charge in [0.1, 0.15) is 5.82 Å². The number of benzene rings is 1. The maximum absolute atomic E-state index is 13.2. The third-order valence-electron chi connectivity index (χ3n) is 2.84. The molecule has 0 aliphatic carbocycles. The monoisotopic (exact) mass is 249 g/mol. The summed E-state index contributed by atoms with van der Waals surface area (Å²) in [4.78, 5) is 1.95. The van der Waals surface area contributed by atoms with Crippen molar-refractivity contribution in [2.45, 2.75) is 6.42 Å². The molecule has 1 aliphatic heterocycles. The van der Waals surface area contributed by atoms with Gasteiger partial charge < -0.3 is 4.90 Å². The molecule has 17 heavy (non-hydrogen) atoms. The highest BCUT2D eigenvalue weighted by molar-refractivity contribution is 6.29. The Morgan fingerprint density at radius 1 is 1.18 bits per heavy atom. The van der Waals surface area contributed by atoms with Crippen LogP contribution in [0, 0.1) is 5.82 Å². The van der Waals surface area contributed by atoms with Crippen molar-refractivity contribution in [2.75, 3.05) is 11.4 Å². The minimum absolute atomic E-state index is 0.238. The maximum atomic E-state index is 13.2. The third kappa shape index (κ3) is 1.85. The molecule has 1 aliphatic rings. The second-order valence-corrected chi connectivity index (χ2v) is 4.28. The Morgan fingerprint density at radius 2 is 2.06 bits per heavy atom. The number of halogens is 2. The van der Waals surface area contributed by atoms with E-state index >= 15 is 0 Å². The van der Waals surface area contributed by atoms with Crippen molar-refractivity contribution in [1.82, 2.24) is 10.2 Å². The summed E-state index contributed by atoms with van der Waals surface area (Å²) in [5.41, 5.74) is 1.99. The summed E-state index contributed by atoms with van der Waals surface area (Å²) in [5, 5.41) is 8.16. The third-order valence-corrected chi connectivity index (χ3v) is 3.04. The standard InChI is InChI=1S/C12H9ClFN3/c13-11-3-4-12(16-15-11)17-6-5-8-1-2-9(14)7-10(8)17/h1-4,7H,5-6H2. The summed E-state index contributed by atoms with van der Waals surface area (Å²) in [5.74, 6) is 0.455. The van der Waals surface area contributed by atoms with Crippen LogP contribution in [-0.2, 0) is 6.42 Å². The second-order valence-electron chi connectivity index (χ2n) is 3.89. The molecule has 0 unspecified atom stereocenters. The fraction of sp³-hybridized carbons (Fsp3) is 0.167. The van der Waals surface area contributed by atoms with E-state index in [2.05, 4.69) is 10.2 Å². The molecule has 3 nitrogen and oxygen atoms in total. The van der Waals surface area contributed by atoms with Crippen LogP contribution in [0.2, 0.25) is 5.15 Å². The maximum Gasteiger partial charge on any atom is 0.155 e. The molecule has 0 fully saturated rings. The summed E-state index contributed by atoms with van der Waals surface area (Å²) in [6.07, 6.45) is 0.889. The molecule has 0 N–H and O–H groups in total. The Bertz CT molecular complexity index is 556. The van der Waals surface area contributed by atoms with Crippen molar-refractivity contribution < 1.29 is 4.39 Å². The van der Waals surface area contributed by atoms with Gasteiger partial charge in [-0.15, -0.1) is 10.2 Å². The second kappa shape index (κ2) is 3.96. The van der Waals surface area contributed by atoms with Crippen LogP contribution in [0.25, 0.3) is 0 Å².